The number of urea groups is 1. The van der Waals surface area contributed by atoms with Crippen LogP contribution in [0.15, 0.2) is 78.9 Å². The van der Waals surface area contributed by atoms with Crippen molar-refractivity contribution in [1.82, 2.24) is 10.3 Å². The number of nitrogens with zero attached hydrogens (tertiary/aromatic N) is 1. The van der Waals surface area contributed by atoms with Crippen molar-refractivity contribution in [1.29, 1.82) is 0 Å². The number of nitrogens with one attached hydrogen (secondary N) is 4. The molecule has 4 N–H and O–H groups in total. The van der Waals surface area contributed by atoms with Crippen molar-refractivity contribution in [3.8, 4) is 0 Å². The number of morpholine rings is 1. The summed E-state index contributed by atoms with van der Waals surface area (Å²) in [6.45, 7) is 1.00. The zero-order valence-electron chi connectivity index (χ0n) is 20.4. The zero-order chi connectivity index (χ0) is 26.5. The Morgan fingerprint density at radius 2 is 1.68 bits per heavy atom. The van der Waals surface area contributed by atoms with Gasteiger partial charge in [-0.1, -0.05) is 29.8 Å². The van der Waals surface area contributed by atoms with Crippen molar-refractivity contribution in [2.75, 3.05) is 35.3 Å². The molecule has 38 heavy (non-hydrogen) atoms. The first-order chi connectivity index (χ1) is 18.4. The highest BCUT2D eigenvalue weighted by Gasteiger charge is 2.24. The van der Waals surface area contributed by atoms with Gasteiger partial charge in [0.15, 0.2) is 0 Å². The summed E-state index contributed by atoms with van der Waals surface area (Å²) in [5.74, 6) is -0.493. The van der Waals surface area contributed by atoms with Gasteiger partial charge in [-0.3, -0.25) is 9.59 Å². The summed E-state index contributed by atoms with van der Waals surface area (Å²) in [6, 6.07) is 22.0. The molecule has 1 atom stereocenters. The topological polar surface area (TPSA) is 116 Å². The van der Waals surface area contributed by atoms with E-state index in [4.69, 9.17) is 16.3 Å². The third kappa shape index (κ3) is 6.13. The Hall–Kier alpha value is -4.34. The summed E-state index contributed by atoms with van der Waals surface area (Å²) in [7, 11) is 0. The van der Waals surface area contributed by atoms with E-state index in [9.17, 15) is 14.4 Å². The number of ether oxygens (including phenoxy) is 1. The first-order valence-corrected chi connectivity index (χ1v) is 12.5. The Morgan fingerprint density at radius 3 is 2.42 bits per heavy atom. The molecule has 4 aromatic rings. The van der Waals surface area contributed by atoms with Gasteiger partial charge in [-0.25, -0.2) is 4.79 Å². The van der Waals surface area contributed by atoms with E-state index in [1.807, 2.05) is 30.3 Å². The van der Waals surface area contributed by atoms with Crippen molar-refractivity contribution in [3.63, 3.8) is 0 Å². The summed E-state index contributed by atoms with van der Waals surface area (Å²) in [4.78, 5) is 43.2. The minimum atomic E-state index is -0.879. The number of carbonyl (C=O) groups is 3. The molecule has 10 heteroatoms. The maximum absolute atomic E-state index is 13.3. The van der Waals surface area contributed by atoms with Crippen LogP contribution in [0, 0.1) is 0 Å². The van der Waals surface area contributed by atoms with Crippen molar-refractivity contribution in [2.24, 2.45) is 0 Å². The van der Waals surface area contributed by atoms with Gasteiger partial charge >= 0.3 is 6.03 Å². The number of para-hydroxylation sites is 1. The predicted molar refractivity (Wildman–Crippen MR) is 148 cm³/mol. The number of amides is 4. The van der Waals surface area contributed by atoms with Crippen LogP contribution >= 0.6 is 11.6 Å². The van der Waals surface area contributed by atoms with E-state index in [0.29, 0.717) is 29.5 Å². The van der Waals surface area contributed by atoms with Crippen molar-refractivity contribution in [2.45, 2.75) is 12.5 Å². The number of benzene rings is 3. The number of hydrogen-bond donors (Lipinski definition) is 4. The quantitative estimate of drug-likeness (QED) is 0.280. The lowest BCUT2D eigenvalue weighted by atomic mass is 10.1. The predicted octanol–water partition coefficient (Wildman–Crippen LogP) is 4.56. The van der Waals surface area contributed by atoms with Gasteiger partial charge in [-0.05, 0) is 66.0 Å². The Kier molecular flexibility index (Phi) is 7.57. The first kappa shape index (κ1) is 25.3. The number of H-pyrrole nitrogens is 1. The van der Waals surface area contributed by atoms with Crippen LogP contribution in [0.2, 0.25) is 5.02 Å². The number of hydrogen-bond acceptors (Lipinski definition) is 4. The van der Waals surface area contributed by atoms with Crippen molar-refractivity contribution in [3.05, 3.63) is 89.6 Å². The minimum Gasteiger partial charge on any atom is -0.370 e. The second-order valence-electron chi connectivity index (χ2n) is 8.88. The molecular weight excluding hydrogens is 506 g/mol. The third-order valence-electron chi connectivity index (χ3n) is 6.17. The van der Waals surface area contributed by atoms with E-state index in [-0.39, 0.29) is 24.8 Å². The molecule has 9 nitrogen and oxygen atoms in total. The van der Waals surface area contributed by atoms with Crippen LogP contribution in [0.1, 0.15) is 5.69 Å². The molecule has 1 fully saturated rings. The molecule has 0 radical (unpaired) electrons. The molecule has 4 amide bonds. The number of rotatable bonds is 7. The van der Waals surface area contributed by atoms with E-state index in [1.165, 1.54) is 0 Å². The van der Waals surface area contributed by atoms with E-state index < -0.39 is 12.1 Å². The minimum absolute atomic E-state index is 0.0533. The molecule has 1 unspecified atom stereocenters. The highest BCUT2D eigenvalue weighted by Crippen LogP contribution is 2.21. The van der Waals surface area contributed by atoms with Crippen LogP contribution in [0.3, 0.4) is 0 Å². The zero-order valence-corrected chi connectivity index (χ0v) is 21.1. The van der Waals surface area contributed by atoms with Crippen LogP contribution in [0.5, 0.6) is 0 Å². The Labute approximate surface area is 224 Å². The molecule has 0 bridgehead atoms. The molecule has 0 aliphatic carbocycles. The normalized spacial score (nSPS) is 14.2. The molecule has 0 saturated carbocycles. The Morgan fingerprint density at radius 1 is 0.974 bits per heavy atom. The number of aromatic nitrogens is 1. The average molecular weight is 532 g/mol. The summed E-state index contributed by atoms with van der Waals surface area (Å²) in [6.07, 6.45) is 0.245. The maximum Gasteiger partial charge on any atom is 0.319 e. The molecule has 2 heterocycles. The van der Waals surface area contributed by atoms with Crippen molar-refractivity contribution >= 4 is 57.4 Å². The molecule has 5 rings (SSSR count). The van der Waals surface area contributed by atoms with Gasteiger partial charge in [0.25, 0.3) is 5.91 Å². The van der Waals surface area contributed by atoms with Gasteiger partial charge < -0.3 is 30.6 Å². The van der Waals surface area contributed by atoms with Crippen LogP contribution in [0.25, 0.3) is 10.9 Å². The molecular formula is C28H26ClN5O4. The second kappa shape index (κ2) is 11.4. The molecule has 3 aromatic carbocycles. The Balaban J connectivity index is 1.30. The second-order valence-corrected chi connectivity index (χ2v) is 9.31. The maximum atomic E-state index is 13.3. The lowest BCUT2D eigenvalue weighted by Crippen LogP contribution is -2.47. The number of anilines is 3. The number of carbonyl (C=O) groups excluding carboxylic acids is 3. The van der Waals surface area contributed by atoms with E-state index in [0.717, 1.165) is 22.3 Å². The van der Waals surface area contributed by atoms with E-state index in [1.54, 1.807) is 53.4 Å². The van der Waals surface area contributed by atoms with Crippen LogP contribution in [-0.2, 0) is 20.7 Å². The molecule has 1 aliphatic rings. The lowest BCUT2D eigenvalue weighted by molar-refractivity contribution is -0.125. The number of aromatic amines is 1. The SMILES string of the molecule is O=C(Nc1ccc(Cl)cc1)NC(Cc1cc2ccccc2[nH]1)C(=O)Nc1ccc(N2CCOCC2=O)cc1. The first-order valence-electron chi connectivity index (χ1n) is 12.1. The van der Waals surface area contributed by atoms with E-state index in [2.05, 4.69) is 20.9 Å². The monoisotopic (exact) mass is 531 g/mol. The highest BCUT2D eigenvalue weighted by atomic mass is 35.5. The van der Waals surface area contributed by atoms with Gasteiger partial charge in [0.2, 0.25) is 5.91 Å². The molecule has 1 aliphatic heterocycles. The van der Waals surface area contributed by atoms with Crippen molar-refractivity contribution < 1.29 is 19.1 Å². The fourth-order valence-electron chi connectivity index (χ4n) is 4.28. The standard InChI is InChI=1S/C28H26ClN5O4/c29-19-5-7-21(8-6-19)32-28(37)33-25(16-22-15-18-3-1-2-4-24(18)30-22)27(36)31-20-9-11-23(12-10-20)34-13-14-38-17-26(34)35/h1-12,15,25,30H,13-14,16-17H2,(H,31,36)(H2,32,33,37). The summed E-state index contributed by atoms with van der Waals surface area (Å²) < 4.78 is 5.18. The number of halogens is 1. The largest absolute Gasteiger partial charge is 0.370 e. The van der Waals surface area contributed by atoms with Gasteiger partial charge in [-0.2, -0.15) is 0 Å². The fraction of sp³-hybridized carbons (Fsp3) is 0.179. The highest BCUT2D eigenvalue weighted by molar-refractivity contribution is 6.30. The van der Waals surface area contributed by atoms with Crippen LogP contribution in [-0.4, -0.2) is 48.6 Å². The molecule has 1 saturated heterocycles. The van der Waals surface area contributed by atoms with E-state index >= 15 is 0 Å². The molecule has 194 valence electrons. The van der Waals surface area contributed by atoms with Crippen LogP contribution in [0.4, 0.5) is 21.9 Å². The Bertz CT molecular complexity index is 1420. The summed E-state index contributed by atoms with van der Waals surface area (Å²) >= 11 is 5.93. The summed E-state index contributed by atoms with van der Waals surface area (Å²) in [5, 5.41) is 9.95. The third-order valence-corrected chi connectivity index (χ3v) is 6.42. The van der Waals surface area contributed by atoms with Gasteiger partial charge in [-0.15, -0.1) is 0 Å². The van der Waals surface area contributed by atoms with Gasteiger partial charge in [0.05, 0.1) is 6.61 Å². The average Bonchev–Trinajstić information content (AvgIpc) is 3.33. The fourth-order valence-corrected chi connectivity index (χ4v) is 4.40. The van der Waals surface area contributed by atoms with Gasteiger partial charge in [0, 0.05) is 46.3 Å². The van der Waals surface area contributed by atoms with Crippen LogP contribution < -0.4 is 20.9 Å². The van der Waals surface area contributed by atoms with Gasteiger partial charge in [0.1, 0.15) is 12.6 Å². The lowest BCUT2D eigenvalue weighted by Gasteiger charge is -2.27. The number of fused-ring (bicyclic) bond motifs is 1. The molecule has 1 aromatic heterocycles. The summed E-state index contributed by atoms with van der Waals surface area (Å²) in [5.41, 5.74) is 3.57. The molecule has 0 spiro atoms. The smallest absolute Gasteiger partial charge is 0.319 e.